The molecule has 0 radical (unpaired) electrons. The Balaban J connectivity index is 2.26. The number of carbonyl (C=O) groups is 1. The second kappa shape index (κ2) is 6.24. The van der Waals surface area contributed by atoms with Gasteiger partial charge in [0.05, 0.1) is 11.2 Å². The summed E-state index contributed by atoms with van der Waals surface area (Å²) in [4.78, 5) is 18.6. The molecule has 0 atom stereocenters. The number of hydrogen-bond donors (Lipinski definition) is 1. The fourth-order valence-electron chi connectivity index (χ4n) is 2.92. The van der Waals surface area contributed by atoms with Crippen LogP contribution in [-0.4, -0.2) is 25.0 Å². The van der Waals surface area contributed by atoms with Gasteiger partial charge < -0.3 is 10.2 Å². The molecule has 4 nitrogen and oxygen atoms in total. The van der Waals surface area contributed by atoms with Crippen LogP contribution in [0.4, 0.5) is 5.69 Å². The predicted octanol–water partition coefficient (Wildman–Crippen LogP) is 3.06. The standard InChI is InChI=1S/C19H21N3O/c1-4-14-15-11-13(22(2)3)9-10-18(15)21-17-7-5-6-8-19(23)20-12-16(14)17/h5-11H,4,12H2,1-3H3,(H,20,23)/b7-5+,8-6-. The molecule has 1 aromatic carbocycles. The first kappa shape index (κ1) is 15.3. The molecule has 0 aliphatic carbocycles. The summed E-state index contributed by atoms with van der Waals surface area (Å²) in [5.74, 6) is -0.0771. The molecule has 0 bridgehead atoms. The lowest BCUT2D eigenvalue weighted by atomic mass is 9.97. The third-order valence-corrected chi connectivity index (χ3v) is 4.14. The molecule has 1 aliphatic rings. The van der Waals surface area contributed by atoms with Crippen molar-refractivity contribution in [3.05, 3.63) is 53.2 Å². The highest BCUT2D eigenvalue weighted by molar-refractivity contribution is 5.90. The van der Waals surface area contributed by atoms with Crippen LogP contribution in [0.25, 0.3) is 17.0 Å². The Morgan fingerprint density at radius 3 is 2.74 bits per heavy atom. The number of allylic oxidation sites excluding steroid dienone is 2. The van der Waals surface area contributed by atoms with Gasteiger partial charge in [0.25, 0.3) is 0 Å². The van der Waals surface area contributed by atoms with Crippen LogP contribution in [0.5, 0.6) is 0 Å². The van der Waals surface area contributed by atoms with Crippen molar-refractivity contribution in [2.45, 2.75) is 19.9 Å². The van der Waals surface area contributed by atoms with Crippen LogP contribution in [0.15, 0.2) is 36.4 Å². The number of anilines is 1. The molecule has 118 valence electrons. The number of rotatable bonds is 2. The van der Waals surface area contributed by atoms with E-state index in [0.717, 1.165) is 34.3 Å². The Labute approximate surface area is 136 Å². The highest BCUT2D eigenvalue weighted by Gasteiger charge is 2.14. The maximum atomic E-state index is 11.7. The van der Waals surface area contributed by atoms with E-state index in [0.29, 0.717) is 6.54 Å². The number of pyridine rings is 1. The molecular weight excluding hydrogens is 286 g/mol. The van der Waals surface area contributed by atoms with Crippen LogP contribution < -0.4 is 10.2 Å². The number of amides is 1. The number of aromatic nitrogens is 1. The van der Waals surface area contributed by atoms with Crippen molar-refractivity contribution in [1.29, 1.82) is 0 Å². The largest absolute Gasteiger partial charge is 0.378 e. The summed E-state index contributed by atoms with van der Waals surface area (Å²) in [6, 6.07) is 6.33. The van der Waals surface area contributed by atoms with E-state index in [-0.39, 0.29) is 5.91 Å². The zero-order valence-electron chi connectivity index (χ0n) is 13.8. The fraction of sp³-hybridized carbons (Fsp3) is 0.263. The number of carbonyl (C=O) groups excluding carboxylic acids is 1. The first-order chi connectivity index (χ1) is 11.1. The minimum absolute atomic E-state index is 0.0771. The molecule has 2 aromatic rings. The summed E-state index contributed by atoms with van der Waals surface area (Å²) in [6.45, 7) is 2.65. The molecule has 1 aliphatic heterocycles. The second-order valence-electron chi connectivity index (χ2n) is 5.84. The molecule has 0 unspecified atom stereocenters. The van der Waals surface area contributed by atoms with Crippen molar-refractivity contribution < 1.29 is 4.79 Å². The van der Waals surface area contributed by atoms with Gasteiger partial charge >= 0.3 is 0 Å². The number of benzene rings is 1. The Morgan fingerprint density at radius 1 is 1.22 bits per heavy atom. The highest BCUT2D eigenvalue weighted by atomic mass is 16.1. The summed E-state index contributed by atoms with van der Waals surface area (Å²) < 4.78 is 0. The topological polar surface area (TPSA) is 45.2 Å². The Hall–Kier alpha value is -2.62. The Morgan fingerprint density at radius 2 is 2.00 bits per heavy atom. The van der Waals surface area contributed by atoms with Gasteiger partial charge in [-0.3, -0.25) is 4.79 Å². The number of nitrogens with zero attached hydrogens (tertiary/aromatic N) is 2. The molecular formula is C19H21N3O. The van der Waals surface area contributed by atoms with Gasteiger partial charge in [-0.25, -0.2) is 4.98 Å². The predicted molar refractivity (Wildman–Crippen MR) is 95.5 cm³/mol. The van der Waals surface area contributed by atoms with Gasteiger partial charge in [0.2, 0.25) is 5.91 Å². The van der Waals surface area contributed by atoms with E-state index in [2.05, 4.69) is 35.3 Å². The lowest BCUT2D eigenvalue weighted by Crippen LogP contribution is -2.21. The minimum atomic E-state index is -0.0771. The molecule has 0 saturated heterocycles. The van der Waals surface area contributed by atoms with Crippen LogP contribution in [0.3, 0.4) is 0 Å². The van der Waals surface area contributed by atoms with Gasteiger partial charge in [-0.15, -0.1) is 0 Å². The second-order valence-corrected chi connectivity index (χ2v) is 5.84. The van der Waals surface area contributed by atoms with Gasteiger partial charge in [0.1, 0.15) is 0 Å². The van der Waals surface area contributed by atoms with E-state index in [4.69, 9.17) is 4.98 Å². The first-order valence-corrected chi connectivity index (χ1v) is 7.85. The van der Waals surface area contributed by atoms with Gasteiger partial charge in [-0.05, 0) is 36.3 Å². The van der Waals surface area contributed by atoms with Crippen molar-refractivity contribution in [3.63, 3.8) is 0 Å². The number of hydrogen-bond acceptors (Lipinski definition) is 3. The van der Waals surface area contributed by atoms with E-state index in [9.17, 15) is 4.79 Å². The smallest absolute Gasteiger partial charge is 0.244 e. The Bertz CT molecular complexity index is 819. The van der Waals surface area contributed by atoms with Crippen LogP contribution in [0.2, 0.25) is 0 Å². The van der Waals surface area contributed by atoms with E-state index in [1.54, 1.807) is 6.08 Å². The Kier molecular flexibility index (Phi) is 4.15. The summed E-state index contributed by atoms with van der Waals surface area (Å²) >= 11 is 0. The maximum Gasteiger partial charge on any atom is 0.244 e. The monoisotopic (exact) mass is 307 g/mol. The van der Waals surface area contributed by atoms with Crippen molar-refractivity contribution in [1.82, 2.24) is 10.3 Å². The summed E-state index contributed by atoms with van der Waals surface area (Å²) in [5, 5.41) is 4.10. The SMILES string of the molecule is CCc1c2c(nc3ccc(N(C)C)cc13)/C=C/C=C\C(=O)NC2. The van der Waals surface area contributed by atoms with Crippen LogP contribution in [-0.2, 0) is 17.8 Å². The van der Waals surface area contributed by atoms with E-state index < -0.39 is 0 Å². The van der Waals surface area contributed by atoms with Crippen LogP contribution in [0, 0.1) is 0 Å². The average molecular weight is 307 g/mol. The van der Waals surface area contributed by atoms with Gasteiger partial charge in [-0.1, -0.05) is 19.1 Å². The minimum Gasteiger partial charge on any atom is -0.378 e. The van der Waals surface area contributed by atoms with Crippen LogP contribution >= 0.6 is 0 Å². The third-order valence-electron chi connectivity index (χ3n) is 4.14. The molecule has 23 heavy (non-hydrogen) atoms. The fourth-order valence-corrected chi connectivity index (χ4v) is 2.92. The normalized spacial score (nSPS) is 16.7. The number of fused-ring (bicyclic) bond motifs is 2. The zero-order valence-corrected chi connectivity index (χ0v) is 13.8. The van der Waals surface area contributed by atoms with E-state index >= 15 is 0 Å². The van der Waals surface area contributed by atoms with Gasteiger partial charge in [0, 0.05) is 43.4 Å². The number of aryl methyl sites for hydroxylation is 1. The lowest BCUT2D eigenvalue weighted by molar-refractivity contribution is -0.116. The van der Waals surface area contributed by atoms with Crippen molar-refractivity contribution in [3.8, 4) is 0 Å². The van der Waals surface area contributed by atoms with Gasteiger partial charge in [0.15, 0.2) is 0 Å². The first-order valence-electron chi connectivity index (χ1n) is 7.85. The molecule has 0 spiro atoms. The molecule has 4 heteroatoms. The quantitative estimate of drug-likeness (QED) is 0.927. The van der Waals surface area contributed by atoms with Gasteiger partial charge in [-0.2, -0.15) is 0 Å². The van der Waals surface area contributed by atoms with Crippen molar-refractivity contribution in [2.75, 3.05) is 19.0 Å². The van der Waals surface area contributed by atoms with Crippen molar-refractivity contribution >= 4 is 28.6 Å². The maximum absolute atomic E-state index is 11.7. The molecule has 0 fully saturated rings. The molecule has 1 amide bonds. The van der Waals surface area contributed by atoms with E-state index in [1.807, 2.05) is 26.2 Å². The summed E-state index contributed by atoms with van der Waals surface area (Å²) in [7, 11) is 4.07. The molecule has 2 heterocycles. The third kappa shape index (κ3) is 2.97. The highest BCUT2D eigenvalue weighted by Crippen LogP contribution is 2.28. The van der Waals surface area contributed by atoms with Crippen molar-refractivity contribution in [2.24, 2.45) is 0 Å². The summed E-state index contributed by atoms with van der Waals surface area (Å²) in [6.07, 6.45) is 8.03. The zero-order chi connectivity index (χ0) is 16.4. The molecule has 1 aromatic heterocycles. The molecule has 3 rings (SSSR count). The van der Waals surface area contributed by atoms with E-state index in [1.165, 1.54) is 11.6 Å². The summed E-state index contributed by atoms with van der Waals surface area (Å²) in [5.41, 5.74) is 5.42. The average Bonchev–Trinajstić information content (AvgIpc) is 2.63. The molecule has 1 N–H and O–H groups in total. The number of nitrogens with one attached hydrogen (secondary N) is 1. The van der Waals surface area contributed by atoms with Crippen LogP contribution in [0.1, 0.15) is 23.7 Å². The molecule has 0 saturated carbocycles. The lowest BCUT2D eigenvalue weighted by Gasteiger charge is -2.18.